The van der Waals surface area contributed by atoms with E-state index in [-0.39, 0.29) is 6.42 Å². The van der Waals surface area contributed by atoms with Crippen LogP contribution in [0.25, 0.3) is 17.7 Å². The number of hydrogen-bond donors (Lipinski definition) is 2. The number of carbonyl (C=O) groups excluding carboxylic acids is 1. The fourth-order valence-electron chi connectivity index (χ4n) is 4.04. The number of carboxylic acids is 1. The summed E-state index contributed by atoms with van der Waals surface area (Å²) in [6.45, 7) is 3.67. The molecular weight excluding hydrogens is 445 g/mol. The lowest BCUT2D eigenvalue weighted by Gasteiger charge is -2.32. The monoisotopic (exact) mass is 472 g/mol. The molecule has 1 aliphatic carbocycles. The van der Waals surface area contributed by atoms with Gasteiger partial charge >= 0.3 is 12.1 Å². The molecule has 0 bridgehead atoms. The van der Waals surface area contributed by atoms with Gasteiger partial charge in [0.2, 0.25) is 5.91 Å². The van der Waals surface area contributed by atoms with Gasteiger partial charge in [-0.25, -0.2) is 4.79 Å². The summed E-state index contributed by atoms with van der Waals surface area (Å²) in [5.41, 5.74) is 0.163. The van der Waals surface area contributed by atoms with Gasteiger partial charge in [-0.05, 0) is 47.2 Å². The largest absolute Gasteiger partial charge is 0.480 e. The van der Waals surface area contributed by atoms with Crippen molar-refractivity contribution >= 4 is 29.6 Å². The molecule has 0 fully saturated rings. The first kappa shape index (κ1) is 25.2. The highest BCUT2D eigenvalue weighted by atomic mass is 19.4. The molecule has 0 radical (unpaired) electrons. The zero-order chi connectivity index (χ0) is 24.9. The number of aliphatic carboxylic acids is 1. The molecule has 1 aromatic heterocycles. The molecule has 0 saturated heterocycles. The van der Waals surface area contributed by atoms with Crippen LogP contribution < -0.4 is 5.32 Å². The molecule has 0 spiro atoms. The predicted octanol–water partition coefficient (Wildman–Crippen LogP) is 5.82. The van der Waals surface area contributed by atoms with Crippen LogP contribution >= 0.6 is 0 Å². The number of rotatable bonds is 8. The number of nitrogens with zero attached hydrogens (tertiary/aromatic N) is 1. The minimum atomic E-state index is -4.55. The summed E-state index contributed by atoms with van der Waals surface area (Å²) in [7, 11) is 0. The summed E-state index contributed by atoms with van der Waals surface area (Å²) in [5, 5.41) is 12.7. The van der Waals surface area contributed by atoms with Crippen molar-refractivity contribution in [2.75, 3.05) is 0 Å². The first-order valence-electron chi connectivity index (χ1n) is 11.2. The number of nitrogens with one attached hydrogen (secondary N) is 1. The number of unbranched alkanes of at least 4 members (excludes halogenated alkanes) is 1. The van der Waals surface area contributed by atoms with Gasteiger partial charge < -0.3 is 10.4 Å². The molecule has 8 heteroatoms. The summed E-state index contributed by atoms with van der Waals surface area (Å²) in [4.78, 5) is 29.0. The van der Waals surface area contributed by atoms with Crippen LogP contribution in [0.15, 0.2) is 48.7 Å². The maximum absolute atomic E-state index is 13.4. The molecule has 5 nitrogen and oxygen atoms in total. The lowest BCUT2D eigenvalue weighted by molar-refractivity contribution is -0.148. The van der Waals surface area contributed by atoms with E-state index in [1.54, 1.807) is 31.2 Å². The Morgan fingerprint density at radius 1 is 1.15 bits per heavy atom. The Bertz CT molecular complexity index is 1110. The van der Waals surface area contributed by atoms with Crippen LogP contribution in [0.1, 0.15) is 61.9 Å². The Labute approximate surface area is 196 Å². The van der Waals surface area contributed by atoms with E-state index in [0.717, 1.165) is 29.8 Å². The first-order valence-corrected chi connectivity index (χ1v) is 11.2. The molecule has 180 valence electrons. The summed E-state index contributed by atoms with van der Waals surface area (Å²) < 4.78 is 38.7. The van der Waals surface area contributed by atoms with Gasteiger partial charge in [-0.2, -0.15) is 13.2 Å². The van der Waals surface area contributed by atoms with Crippen molar-refractivity contribution < 1.29 is 27.9 Å². The van der Waals surface area contributed by atoms with Gasteiger partial charge in [-0.1, -0.05) is 69.2 Å². The second-order valence-electron chi connectivity index (χ2n) is 8.33. The average molecular weight is 473 g/mol. The highest BCUT2D eigenvalue weighted by Crippen LogP contribution is 2.36. The summed E-state index contributed by atoms with van der Waals surface area (Å²) >= 11 is 0. The predicted molar refractivity (Wildman–Crippen MR) is 124 cm³/mol. The van der Waals surface area contributed by atoms with Crippen molar-refractivity contribution in [2.24, 2.45) is 5.92 Å². The number of amides is 1. The minimum Gasteiger partial charge on any atom is -0.480 e. The van der Waals surface area contributed by atoms with Crippen LogP contribution in [0, 0.1) is 5.92 Å². The van der Waals surface area contributed by atoms with Gasteiger partial charge in [0.15, 0.2) is 0 Å². The normalized spacial score (nSPS) is 18.3. The fraction of sp³-hybridized carbons (Fsp3) is 0.346. The van der Waals surface area contributed by atoms with E-state index in [1.165, 1.54) is 6.07 Å². The highest BCUT2D eigenvalue weighted by Gasteiger charge is 2.40. The third-order valence-corrected chi connectivity index (χ3v) is 6.09. The van der Waals surface area contributed by atoms with Crippen LogP contribution in [-0.2, 0) is 15.8 Å². The highest BCUT2D eigenvalue weighted by molar-refractivity contribution is 6.03. The number of pyridine rings is 1. The lowest BCUT2D eigenvalue weighted by Crippen LogP contribution is -2.55. The van der Waals surface area contributed by atoms with E-state index < -0.39 is 35.2 Å². The third-order valence-electron chi connectivity index (χ3n) is 6.09. The van der Waals surface area contributed by atoms with Gasteiger partial charge in [0.25, 0.3) is 0 Å². The summed E-state index contributed by atoms with van der Waals surface area (Å²) in [6, 6.07) is 9.53. The number of carbonyl (C=O) groups is 2. The molecule has 0 saturated carbocycles. The van der Waals surface area contributed by atoms with Gasteiger partial charge in [0.05, 0.1) is 5.92 Å². The molecule has 1 amide bonds. The number of carboxylic acid groups (broad SMARTS) is 1. The lowest BCUT2D eigenvalue weighted by atomic mass is 9.81. The number of halogens is 3. The number of fused-ring (bicyclic) bond motifs is 1. The minimum absolute atomic E-state index is 0.225. The number of hydrogen-bond acceptors (Lipinski definition) is 3. The third kappa shape index (κ3) is 5.38. The van der Waals surface area contributed by atoms with Crippen LogP contribution in [0.5, 0.6) is 0 Å². The molecular formula is C26H27F3N2O3. The smallest absolute Gasteiger partial charge is 0.433 e. The second-order valence-corrected chi connectivity index (χ2v) is 8.33. The van der Waals surface area contributed by atoms with Crippen LogP contribution in [-0.4, -0.2) is 27.5 Å². The van der Waals surface area contributed by atoms with Gasteiger partial charge in [0, 0.05) is 6.20 Å². The molecule has 2 aromatic rings. The molecule has 2 unspecified atom stereocenters. The maximum atomic E-state index is 13.4. The quantitative estimate of drug-likeness (QED) is 0.507. The molecule has 34 heavy (non-hydrogen) atoms. The zero-order valence-electron chi connectivity index (χ0n) is 19.0. The van der Waals surface area contributed by atoms with Crippen molar-refractivity contribution in [3.8, 4) is 0 Å². The van der Waals surface area contributed by atoms with E-state index in [1.807, 2.05) is 25.1 Å². The first-order chi connectivity index (χ1) is 16.1. The number of benzene rings is 1. The average Bonchev–Trinajstić information content (AvgIpc) is 2.81. The zero-order valence-corrected chi connectivity index (χ0v) is 19.0. The molecule has 3 rings (SSSR count). The van der Waals surface area contributed by atoms with Gasteiger partial charge in [-0.15, -0.1) is 0 Å². The number of aromatic nitrogens is 1. The van der Waals surface area contributed by atoms with Crippen molar-refractivity contribution in [1.29, 1.82) is 0 Å². The van der Waals surface area contributed by atoms with Gasteiger partial charge in [-0.3, -0.25) is 9.78 Å². The molecule has 1 aromatic carbocycles. The van der Waals surface area contributed by atoms with Crippen LogP contribution in [0.4, 0.5) is 13.2 Å². The van der Waals surface area contributed by atoms with Crippen LogP contribution in [0.3, 0.4) is 0 Å². The second kappa shape index (κ2) is 10.2. The van der Waals surface area contributed by atoms with Gasteiger partial charge in [0.1, 0.15) is 11.2 Å². The topological polar surface area (TPSA) is 79.3 Å². The van der Waals surface area contributed by atoms with E-state index in [0.29, 0.717) is 24.0 Å². The molecule has 2 N–H and O–H groups in total. The Balaban J connectivity index is 2.01. The van der Waals surface area contributed by atoms with E-state index in [9.17, 15) is 27.9 Å². The molecule has 1 heterocycles. The summed E-state index contributed by atoms with van der Waals surface area (Å²) in [5.74, 6) is -2.38. The fourth-order valence-corrected chi connectivity index (χ4v) is 4.04. The van der Waals surface area contributed by atoms with E-state index >= 15 is 0 Å². The SMILES string of the molecule is CCCCC(CC)(NC(=O)C1C=Cc2ccccc2C1=Cc1ccc(C(F)(F)F)nc1)C(=O)O. The Morgan fingerprint density at radius 3 is 2.47 bits per heavy atom. The Morgan fingerprint density at radius 2 is 1.88 bits per heavy atom. The molecule has 1 aliphatic rings. The molecule has 0 aliphatic heterocycles. The molecule has 2 atom stereocenters. The Hall–Kier alpha value is -3.42. The van der Waals surface area contributed by atoms with E-state index in [2.05, 4.69) is 10.3 Å². The van der Waals surface area contributed by atoms with Crippen LogP contribution in [0.2, 0.25) is 0 Å². The maximum Gasteiger partial charge on any atom is 0.433 e. The summed E-state index contributed by atoms with van der Waals surface area (Å²) in [6.07, 6.45) is 3.62. The van der Waals surface area contributed by atoms with Crippen molar-refractivity contribution in [3.05, 3.63) is 71.1 Å². The van der Waals surface area contributed by atoms with Crippen molar-refractivity contribution in [2.45, 2.75) is 51.2 Å². The van der Waals surface area contributed by atoms with E-state index in [4.69, 9.17) is 0 Å². The Kier molecular flexibility index (Phi) is 7.59. The standard InChI is InChI=1S/C26H27F3N2O3/c1-3-5-14-25(4-2,24(33)34)31-23(32)20-12-11-18-8-6-7-9-19(18)21(20)15-17-10-13-22(30-16-17)26(27,28)29/h6-13,15-16,20H,3-5,14H2,1-2H3,(H,31,32)(H,33,34). The number of alkyl halides is 3. The van der Waals surface area contributed by atoms with Crippen molar-refractivity contribution in [3.63, 3.8) is 0 Å². The van der Waals surface area contributed by atoms with Crippen molar-refractivity contribution in [1.82, 2.24) is 10.3 Å².